The summed E-state index contributed by atoms with van der Waals surface area (Å²) in [4.78, 5) is 29.3. The lowest BCUT2D eigenvalue weighted by Crippen LogP contribution is -2.52. The van der Waals surface area contributed by atoms with E-state index in [1.165, 1.54) is 7.11 Å². The van der Waals surface area contributed by atoms with Crippen molar-refractivity contribution >= 4 is 17.9 Å². The van der Waals surface area contributed by atoms with Crippen LogP contribution in [0.5, 0.6) is 0 Å². The second kappa shape index (κ2) is 6.81. The standard InChI is InChI=1S/C7H13NO3.C2H2O4/c1-10-6(9)7(8)2-4-11-5-3-7;3-1(4)2(5)6/h2-5,8H2,1H3;(H,3,4)(H,5,6). The highest BCUT2D eigenvalue weighted by Gasteiger charge is 2.36. The van der Waals surface area contributed by atoms with Crippen LogP contribution in [0.3, 0.4) is 0 Å². The Hall–Kier alpha value is -1.67. The number of hydrogen-bond donors (Lipinski definition) is 3. The maximum Gasteiger partial charge on any atom is 0.414 e. The van der Waals surface area contributed by atoms with Gasteiger partial charge in [0, 0.05) is 13.2 Å². The molecule has 0 saturated carbocycles. The van der Waals surface area contributed by atoms with E-state index in [2.05, 4.69) is 4.74 Å². The topological polar surface area (TPSA) is 136 Å². The monoisotopic (exact) mass is 249 g/mol. The molecule has 0 atom stereocenters. The number of methoxy groups -OCH3 is 1. The van der Waals surface area contributed by atoms with Crippen molar-refractivity contribution < 1.29 is 34.1 Å². The third kappa shape index (κ3) is 5.27. The molecule has 0 unspecified atom stereocenters. The minimum atomic E-state index is -1.82. The maximum absolute atomic E-state index is 11.1. The first kappa shape index (κ1) is 15.3. The van der Waals surface area contributed by atoms with Crippen molar-refractivity contribution in [1.29, 1.82) is 0 Å². The van der Waals surface area contributed by atoms with Crippen molar-refractivity contribution in [1.82, 2.24) is 0 Å². The molecule has 8 heteroatoms. The predicted molar refractivity (Wildman–Crippen MR) is 54.3 cm³/mol. The molecule has 0 amide bonds. The molecule has 1 fully saturated rings. The summed E-state index contributed by atoms with van der Waals surface area (Å²) >= 11 is 0. The Morgan fingerprint density at radius 2 is 1.59 bits per heavy atom. The minimum Gasteiger partial charge on any atom is -0.473 e. The Labute approximate surface area is 97.3 Å². The molecule has 1 aliphatic rings. The number of hydrogen-bond acceptors (Lipinski definition) is 6. The molecule has 98 valence electrons. The largest absolute Gasteiger partial charge is 0.473 e. The maximum atomic E-state index is 11.1. The number of carboxylic acids is 2. The number of carbonyl (C=O) groups excluding carboxylic acids is 1. The lowest BCUT2D eigenvalue weighted by atomic mass is 9.92. The molecule has 1 rings (SSSR count). The van der Waals surface area contributed by atoms with Gasteiger partial charge in [0.1, 0.15) is 5.54 Å². The second-order valence-corrected chi connectivity index (χ2v) is 3.37. The molecule has 1 aliphatic heterocycles. The molecular weight excluding hydrogens is 234 g/mol. The molecule has 4 N–H and O–H groups in total. The minimum absolute atomic E-state index is 0.333. The molecule has 1 heterocycles. The van der Waals surface area contributed by atoms with Gasteiger partial charge in [0.05, 0.1) is 7.11 Å². The molecule has 8 nitrogen and oxygen atoms in total. The number of ether oxygens (including phenoxy) is 2. The number of esters is 1. The number of aliphatic carboxylic acids is 2. The van der Waals surface area contributed by atoms with Crippen LogP contribution in [-0.2, 0) is 23.9 Å². The van der Waals surface area contributed by atoms with Gasteiger partial charge in [-0.15, -0.1) is 0 Å². The number of nitrogens with two attached hydrogens (primary N) is 1. The van der Waals surface area contributed by atoms with Crippen LogP contribution in [0.15, 0.2) is 0 Å². The van der Waals surface area contributed by atoms with Gasteiger partial charge in [-0.05, 0) is 12.8 Å². The van der Waals surface area contributed by atoms with Gasteiger partial charge in [0.2, 0.25) is 0 Å². The summed E-state index contributed by atoms with van der Waals surface area (Å²) in [6.45, 7) is 1.09. The van der Waals surface area contributed by atoms with Crippen LogP contribution in [0.2, 0.25) is 0 Å². The van der Waals surface area contributed by atoms with Crippen LogP contribution in [0, 0.1) is 0 Å². The highest BCUT2D eigenvalue weighted by molar-refractivity contribution is 6.27. The molecule has 0 aromatic heterocycles. The van der Waals surface area contributed by atoms with Crippen molar-refractivity contribution in [3.05, 3.63) is 0 Å². The third-order valence-corrected chi connectivity index (χ3v) is 2.16. The molecule has 0 aromatic carbocycles. The summed E-state index contributed by atoms with van der Waals surface area (Å²) in [5.74, 6) is -3.98. The number of carboxylic acid groups (broad SMARTS) is 2. The van der Waals surface area contributed by atoms with Gasteiger partial charge in [-0.3, -0.25) is 4.79 Å². The Kier molecular flexibility index (Phi) is 6.15. The Bertz CT molecular complexity index is 284. The molecule has 1 saturated heterocycles. The fourth-order valence-electron chi connectivity index (χ4n) is 1.14. The van der Waals surface area contributed by atoms with Crippen molar-refractivity contribution in [2.45, 2.75) is 18.4 Å². The summed E-state index contributed by atoms with van der Waals surface area (Å²) in [5, 5.41) is 14.8. The van der Waals surface area contributed by atoms with E-state index in [0.29, 0.717) is 26.1 Å². The highest BCUT2D eigenvalue weighted by Crippen LogP contribution is 2.18. The normalized spacial score (nSPS) is 17.3. The Morgan fingerprint density at radius 3 is 1.88 bits per heavy atom. The smallest absolute Gasteiger partial charge is 0.414 e. The molecule has 0 aliphatic carbocycles. The fraction of sp³-hybridized carbons (Fsp3) is 0.667. The van der Waals surface area contributed by atoms with Crippen molar-refractivity contribution in [3.8, 4) is 0 Å². The van der Waals surface area contributed by atoms with E-state index in [1.54, 1.807) is 0 Å². The van der Waals surface area contributed by atoms with Gasteiger partial charge in [-0.1, -0.05) is 0 Å². The molecule has 0 aromatic rings. The average Bonchev–Trinajstić information content (AvgIpc) is 2.29. The van der Waals surface area contributed by atoms with Crippen molar-refractivity contribution in [2.24, 2.45) is 5.73 Å². The van der Waals surface area contributed by atoms with Crippen LogP contribution < -0.4 is 5.73 Å². The van der Waals surface area contributed by atoms with E-state index >= 15 is 0 Å². The molecule has 0 bridgehead atoms. The first-order valence-electron chi connectivity index (χ1n) is 4.75. The Morgan fingerprint density at radius 1 is 1.18 bits per heavy atom. The summed E-state index contributed by atoms with van der Waals surface area (Å²) in [7, 11) is 1.35. The quantitative estimate of drug-likeness (QED) is 0.390. The van der Waals surface area contributed by atoms with E-state index in [1.807, 2.05) is 0 Å². The van der Waals surface area contributed by atoms with Gasteiger partial charge >= 0.3 is 17.9 Å². The fourth-order valence-corrected chi connectivity index (χ4v) is 1.14. The van der Waals surface area contributed by atoms with Crippen LogP contribution in [-0.4, -0.2) is 54.0 Å². The second-order valence-electron chi connectivity index (χ2n) is 3.37. The summed E-state index contributed by atoms with van der Waals surface area (Å²) in [5.41, 5.74) is 4.96. The molecular formula is C9H15NO7. The SMILES string of the molecule is COC(=O)C1(N)CCOCC1.O=C(O)C(=O)O. The van der Waals surface area contributed by atoms with Gasteiger partial charge in [-0.2, -0.15) is 0 Å². The average molecular weight is 249 g/mol. The van der Waals surface area contributed by atoms with Gasteiger partial charge in [0.25, 0.3) is 0 Å². The summed E-state index contributed by atoms with van der Waals surface area (Å²) in [6, 6.07) is 0. The van der Waals surface area contributed by atoms with E-state index < -0.39 is 17.5 Å². The third-order valence-electron chi connectivity index (χ3n) is 2.16. The van der Waals surface area contributed by atoms with Crippen LogP contribution >= 0.6 is 0 Å². The lowest BCUT2D eigenvalue weighted by Gasteiger charge is -2.29. The van der Waals surface area contributed by atoms with E-state index in [4.69, 9.17) is 30.3 Å². The van der Waals surface area contributed by atoms with E-state index in [-0.39, 0.29) is 5.97 Å². The predicted octanol–water partition coefficient (Wildman–Crippen LogP) is -1.18. The van der Waals surface area contributed by atoms with Gasteiger partial charge in [0.15, 0.2) is 0 Å². The van der Waals surface area contributed by atoms with E-state index in [0.717, 1.165) is 0 Å². The lowest BCUT2D eigenvalue weighted by molar-refractivity contribution is -0.159. The number of carbonyl (C=O) groups is 3. The zero-order chi connectivity index (χ0) is 13.5. The van der Waals surface area contributed by atoms with Crippen molar-refractivity contribution in [3.63, 3.8) is 0 Å². The van der Waals surface area contributed by atoms with Crippen molar-refractivity contribution in [2.75, 3.05) is 20.3 Å². The van der Waals surface area contributed by atoms with Crippen LogP contribution in [0.1, 0.15) is 12.8 Å². The molecule has 0 radical (unpaired) electrons. The van der Waals surface area contributed by atoms with Crippen LogP contribution in [0.25, 0.3) is 0 Å². The zero-order valence-electron chi connectivity index (χ0n) is 9.34. The summed E-state index contributed by atoms with van der Waals surface area (Å²) in [6.07, 6.45) is 1.11. The zero-order valence-corrected chi connectivity index (χ0v) is 9.34. The molecule has 0 spiro atoms. The molecule has 17 heavy (non-hydrogen) atoms. The highest BCUT2D eigenvalue weighted by atomic mass is 16.5. The number of rotatable bonds is 1. The first-order valence-corrected chi connectivity index (χ1v) is 4.75. The first-order chi connectivity index (χ1) is 7.83. The van der Waals surface area contributed by atoms with E-state index in [9.17, 15) is 4.79 Å². The van der Waals surface area contributed by atoms with Crippen LogP contribution in [0.4, 0.5) is 0 Å². The summed E-state index contributed by atoms with van der Waals surface area (Å²) < 4.78 is 9.64. The van der Waals surface area contributed by atoms with Gasteiger partial charge < -0.3 is 25.4 Å². The van der Waals surface area contributed by atoms with Gasteiger partial charge in [-0.25, -0.2) is 9.59 Å². The Balaban J connectivity index is 0.000000366.